The zero-order valence-corrected chi connectivity index (χ0v) is 17.1. The van der Waals surface area contributed by atoms with Crippen LogP contribution in [0.4, 0.5) is 0 Å². The van der Waals surface area contributed by atoms with Gasteiger partial charge in [0.1, 0.15) is 5.75 Å². The summed E-state index contributed by atoms with van der Waals surface area (Å²) in [5.41, 5.74) is 1.30. The first kappa shape index (κ1) is 19.4. The van der Waals surface area contributed by atoms with Crippen molar-refractivity contribution in [3.63, 3.8) is 0 Å². The lowest BCUT2D eigenvalue weighted by Gasteiger charge is -2.49. The van der Waals surface area contributed by atoms with Gasteiger partial charge in [0.05, 0.1) is 7.11 Å². The summed E-state index contributed by atoms with van der Waals surface area (Å²) in [5, 5.41) is 7.75. The summed E-state index contributed by atoms with van der Waals surface area (Å²) in [6.07, 6.45) is 6.27. The molecule has 2 bridgehead atoms. The first-order valence-corrected chi connectivity index (χ1v) is 10.4. The van der Waals surface area contributed by atoms with Gasteiger partial charge in [-0.3, -0.25) is 4.90 Å². The Kier molecular flexibility index (Phi) is 6.76. The molecule has 2 saturated heterocycles. The topological polar surface area (TPSA) is 36.5 Å². The van der Waals surface area contributed by atoms with E-state index in [0.717, 1.165) is 24.0 Å². The zero-order chi connectivity index (χ0) is 18.5. The first-order chi connectivity index (χ1) is 12.6. The molecule has 2 N–H and O–H groups in total. The van der Waals surface area contributed by atoms with Crippen LogP contribution in [0.3, 0.4) is 0 Å². The number of benzene rings is 1. The number of piperidine rings is 2. The van der Waals surface area contributed by atoms with Crippen LogP contribution in [0.15, 0.2) is 24.3 Å². The van der Waals surface area contributed by atoms with Crippen molar-refractivity contribution in [2.45, 2.75) is 70.6 Å². The van der Waals surface area contributed by atoms with Crippen LogP contribution in [0.2, 0.25) is 0 Å². The van der Waals surface area contributed by atoms with Crippen molar-refractivity contribution < 1.29 is 4.74 Å². The Hall–Kier alpha value is -1.33. The second-order valence-corrected chi connectivity index (χ2v) is 8.55. The summed E-state index contributed by atoms with van der Waals surface area (Å²) >= 11 is 5.50. The molecule has 1 aromatic carbocycles. The van der Waals surface area contributed by atoms with Gasteiger partial charge in [-0.15, -0.1) is 0 Å². The number of fused-ring (bicyclic) bond motifs is 2. The largest absolute Gasteiger partial charge is 0.496 e. The minimum atomic E-state index is 0.492. The molecule has 2 heterocycles. The Morgan fingerprint density at radius 3 is 2.58 bits per heavy atom. The van der Waals surface area contributed by atoms with Crippen LogP contribution in [-0.2, 0) is 6.54 Å². The van der Waals surface area contributed by atoms with Crippen LogP contribution in [-0.4, -0.2) is 41.8 Å². The molecular formula is C21H33N3OS. The van der Waals surface area contributed by atoms with E-state index < -0.39 is 0 Å². The summed E-state index contributed by atoms with van der Waals surface area (Å²) < 4.78 is 5.56. The fourth-order valence-corrected chi connectivity index (χ4v) is 4.67. The maximum atomic E-state index is 5.56. The van der Waals surface area contributed by atoms with Crippen molar-refractivity contribution in [1.29, 1.82) is 0 Å². The second-order valence-electron chi connectivity index (χ2n) is 8.14. The highest BCUT2D eigenvalue weighted by Gasteiger charge is 2.38. The molecule has 3 rings (SSSR count). The van der Waals surface area contributed by atoms with Gasteiger partial charge >= 0.3 is 0 Å². The predicted octanol–water partition coefficient (Wildman–Crippen LogP) is 3.70. The minimum Gasteiger partial charge on any atom is -0.496 e. The Morgan fingerprint density at radius 1 is 1.23 bits per heavy atom. The number of nitrogens with zero attached hydrogens (tertiary/aromatic N) is 1. The average molecular weight is 376 g/mol. The van der Waals surface area contributed by atoms with Gasteiger partial charge in [-0.05, 0) is 49.9 Å². The first-order valence-electron chi connectivity index (χ1n) is 9.98. The molecule has 2 aliphatic rings. The van der Waals surface area contributed by atoms with Crippen molar-refractivity contribution in [2.75, 3.05) is 13.7 Å². The van der Waals surface area contributed by atoms with Gasteiger partial charge in [0.25, 0.3) is 0 Å². The van der Waals surface area contributed by atoms with Gasteiger partial charge < -0.3 is 15.4 Å². The fourth-order valence-electron chi connectivity index (χ4n) is 4.42. The van der Waals surface area contributed by atoms with E-state index in [1.54, 1.807) is 7.11 Å². The molecule has 0 radical (unpaired) electrons. The molecule has 0 aromatic heterocycles. The molecule has 0 amide bonds. The third-order valence-electron chi connectivity index (χ3n) is 5.68. The lowest BCUT2D eigenvalue weighted by molar-refractivity contribution is 0.0205. The van der Waals surface area contributed by atoms with E-state index in [4.69, 9.17) is 17.0 Å². The average Bonchev–Trinajstić information content (AvgIpc) is 2.61. The standard InChI is InChI=1S/C21H33N3OS/c1-15(2)13-22-21(26)23-17-11-18-8-6-9-19(12-17)24(18)14-16-7-4-5-10-20(16)25-3/h4-5,7,10,15,17-19H,6,8-9,11-14H2,1-3H3,(H2,22,23,26). The number of nitrogens with one attached hydrogen (secondary N) is 2. The van der Waals surface area contributed by atoms with Crippen molar-refractivity contribution in [1.82, 2.24) is 15.5 Å². The lowest BCUT2D eigenvalue weighted by atomic mass is 9.81. The maximum Gasteiger partial charge on any atom is 0.166 e. The molecule has 1 aromatic rings. The normalized spacial score (nSPS) is 25.8. The van der Waals surface area contributed by atoms with E-state index in [0.29, 0.717) is 24.0 Å². The monoisotopic (exact) mass is 375 g/mol. The minimum absolute atomic E-state index is 0.492. The summed E-state index contributed by atoms with van der Waals surface area (Å²) in [6, 6.07) is 10.2. The summed E-state index contributed by atoms with van der Waals surface area (Å²) in [5.74, 6) is 1.61. The SMILES string of the molecule is COc1ccccc1CN1C2CCCC1CC(NC(=S)NCC(C)C)C2. The number of hydrogen-bond donors (Lipinski definition) is 2. The van der Waals surface area contributed by atoms with E-state index in [2.05, 4.69) is 47.6 Å². The number of para-hydroxylation sites is 1. The predicted molar refractivity (Wildman–Crippen MR) is 112 cm³/mol. The molecule has 0 aliphatic carbocycles. The molecular weight excluding hydrogens is 342 g/mol. The highest BCUT2D eigenvalue weighted by Crippen LogP contribution is 2.36. The molecule has 144 valence electrons. The van der Waals surface area contributed by atoms with Gasteiger partial charge in [-0.1, -0.05) is 38.5 Å². The smallest absolute Gasteiger partial charge is 0.166 e. The van der Waals surface area contributed by atoms with E-state index in [1.807, 2.05) is 6.07 Å². The van der Waals surface area contributed by atoms with Crippen molar-refractivity contribution in [3.05, 3.63) is 29.8 Å². The summed E-state index contributed by atoms with van der Waals surface area (Å²) in [7, 11) is 1.76. The van der Waals surface area contributed by atoms with Gasteiger partial charge in [0.2, 0.25) is 0 Å². The highest BCUT2D eigenvalue weighted by atomic mass is 32.1. The molecule has 0 spiro atoms. The Morgan fingerprint density at radius 2 is 1.92 bits per heavy atom. The summed E-state index contributed by atoms with van der Waals surface area (Å²) in [6.45, 7) is 6.33. The second kappa shape index (κ2) is 9.05. The van der Waals surface area contributed by atoms with Crippen molar-refractivity contribution >= 4 is 17.3 Å². The van der Waals surface area contributed by atoms with E-state index in [1.165, 1.54) is 37.7 Å². The van der Waals surface area contributed by atoms with Crippen LogP contribution in [0.1, 0.15) is 51.5 Å². The molecule has 26 heavy (non-hydrogen) atoms. The van der Waals surface area contributed by atoms with Crippen LogP contribution in [0.25, 0.3) is 0 Å². The number of methoxy groups -OCH3 is 1. The van der Waals surface area contributed by atoms with E-state index in [9.17, 15) is 0 Å². The van der Waals surface area contributed by atoms with Crippen LogP contribution >= 0.6 is 12.2 Å². The maximum absolute atomic E-state index is 5.56. The third-order valence-corrected chi connectivity index (χ3v) is 5.94. The van der Waals surface area contributed by atoms with Gasteiger partial charge in [0, 0.05) is 36.8 Å². The summed E-state index contributed by atoms with van der Waals surface area (Å²) in [4.78, 5) is 2.71. The Bertz CT molecular complexity index is 593. The molecule has 5 heteroatoms. The number of rotatable bonds is 6. The molecule has 2 fully saturated rings. The molecule has 2 aliphatic heterocycles. The van der Waals surface area contributed by atoms with Crippen LogP contribution in [0.5, 0.6) is 5.75 Å². The molecule has 0 saturated carbocycles. The highest BCUT2D eigenvalue weighted by molar-refractivity contribution is 7.80. The number of ether oxygens (including phenoxy) is 1. The Balaban J connectivity index is 1.60. The van der Waals surface area contributed by atoms with Crippen molar-refractivity contribution in [3.8, 4) is 5.75 Å². The van der Waals surface area contributed by atoms with Gasteiger partial charge in [-0.2, -0.15) is 0 Å². The third kappa shape index (κ3) is 4.89. The van der Waals surface area contributed by atoms with Gasteiger partial charge in [0.15, 0.2) is 5.11 Å². The quantitative estimate of drug-likeness (QED) is 0.742. The number of thiocarbonyl (C=S) groups is 1. The fraction of sp³-hybridized carbons (Fsp3) is 0.667. The molecule has 2 atom stereocenters. The van der Waals surface area contributed by atoms with Crippen LogP contribution < -0.4 is 15.4 Å². The van der Waals surface area contributed by atoms with E-state index in [-0.39, 0.29) is 0 Å². The lowest BCUT2D eigenvalue weighted by Crippen LogP contribution is -2.57. The number of hydrogen-bond acceptors (Lipinski definition) is 3. The Labute approximate surface area is 163 Å². The molecule has 2 unspecified atom stereocenters. The van der Waals surface area contributed by atoms with Gasteiger partial charge in [-0.25, -0.2) is 0 Å². The van der Waals surface area contributed by atoms with Crippen molar-refractivity contribution in [2.24, 2.45) is 5.92 Å². The van der Waals surface area contributed by atoms with Crippen LogP contribution in [0, 0.1) is 5.92 Å². The van der Waals surface area contributed by atoms with E-state index >= 15 is 0 Å². The molecule has 4 nitrogen and oxygen atoms in total. The zero-order valence-electron chi connectivity index (χ0n) is 16.3.